The second-order valence-corrected chi connectivity index (χ2v) is 4.15. The van der Waals surface area contributed by atoms with Crippen molar-refractivity contribution in [2.45, 2.75) is 6.42 Å². The van der Waals surface area contributed by atoms with Gasteiger partial charge in [0.15, 0.2) is 5.78 Å². The van der Waals surface area contributed by atoms with Crippen LogP contribution in [0.5, 0.6) is 0 Å². The highest BCUT2D eigenvalue weighted by Gasteiger charge is 2.19. The fourth-order valence-corrected chi connectivity index (χ4v) is 1.87. The van der Waals surface area contributed by atoms with Crippen molar-refractivity contribution in [2.75, 3.05) is 16.0 Å². The van der Waals surface area contributed by atoms with Crippen LogP contribution in [0.4, 0.5) is 11.4 Å². The molecule has 1 aliphatic heterocycles. The Bertz CT molecular complexity index is 513. The minimum Gasteiger partial charge on any atom is -0.324 e. The number of amides is 2. The molecule has 0 unspecified atom stereocenters. The number of anilines is 2. The molecule has 0 saturated heterocycles. The summed E-state index contributed by atoms with van der Waals surface area (Å²) in [6.07, 6.45) is -0.212. The van der Waals surface area contributed by atoms with Gasteiger partial charge in [-0.15, -0.1) is 0 Å². The summed E-state index contributed by atoms with van der Waals surface area (Å²) in [5.41, 5.74) is 1.44. The van der Waals surface area contributed by atoms with Crippen LogP contribution in [0.2, 0.25) is 0 Å². The van der Waals surface area contributed by atoms with E-state index in [4.69, 9.17) is 0 Å². The van der Waals surface area contributed by atoms with Crippen LogP contribution in [0.3, 0.4) is 0 Å². The number of nitrogens with one attached hydrogen (secondary N) is 2. The number of carbonyl (C=O) groups is 3. The summed E-state index contributed by atoms with van der Waals surface area (Å²) in [5, 5.41) is 5.39. The summed E-state index contributed by atoms with van der Waals surface area (Å²) in [5.74, 6) is -0.830. The van der Waals surface area contributed by atoms with E-state index in [2.05, 4.69) is 26.6 Å². The molecule has 17 heavy (non-hydrogen) atoms. The molecule has 0 aromatic heterocycles. The van der Waals surface area contributed by atoms with Crippen LogP contribution in [0.1, 0.15) is 16.8 Å². The van der Waals surface area contributed by atoms with Gasteiger partial charge in [-0.05, 0) is 18.2 Å². The van der Waals surface area contributed by atoms with E-state index in [0.29, 0.717) is 16.9 Å². The van der Waals surface area contributed by atoms with Crippen LogP contribution in [-0.4, -0.2) is 22.9 Å². The van der Waals surface area contributed by atoms with E-state index in [0.717, 1.165) is 0 Å². The first-order valence-electron chi connectivity index (χ1n) is 4.93. The number of hydrogen-bond donors (Lipinski definition) is 2. The molecule has 5 nitrogen and oxygen atoms in total. The second kappa shape index (κ2) is 4.67. The lowest BCUT2D eigenvalue weighted by molar-refractivity contribution is -0.123. The van der Waals surface area contributed by atoms with Crippen LogP contribution < -0.4 is 10.6 Å². The number of fused-ring (bicyclic) bond motifs is 1. The van der Waals surface area contributed by atoms with Crippen molar-refractivity contribution in [2.24, 2.45) is 0 Å². The summed E-state index contributed by atoms with van der Waals surface area (Å²) >= 11 is 3.08. The summed E-state index contributed by atoms with van der Waals surface area (Å²) in [7, 11) is 0. The topological polar surface area (TPSA) is 75.3 Å². The van der Waals surface area contributed by atoms with Crippen LogP contribution in [0, 0.1) is 0 Å². The van der Waals surface area contributed by atoms with Gasteiger partial charge in [0.05, 0.1) is 16.7 Å². The monoisotopic (exact) mass is 296 g/mol. The third kappa shape index (κ3) is 2.52. The van der Waals surface area contributed by atoms with Crippen molar-refractivity contribution in [3.63, 3.8) is 0 Å². The average molecular weight is 297 g/mol. The molecule has 6 heteroatoms. The molecule has 0 atom stereocenters. The summed E-state index contributed by atoms with van der Waals surface area (Å²) in [4.78, 5) is 34.1. The van der Waals surface area contributed by atoms with Gasteiger partial charge in [-0.3, -0.25) is 14.4 Å². The standard InChI is InChI=1S/C11H9BrN2O3/c12-5-9(15)6-1-2-7-8(3-6)14-11(17)4-10(16)13-7/h1-3H,4-5H2,(H,13,16)(H,14,17). The number of ketones is 1. The number of rotatable bonds is 2. The first-order chi connectivity index (χ1) is 8.10. The zero-order chi connectivity index (χ0) is 12.4. The van der Waals surface area contributed by atoms with Crippen LogP contribution in [0.25, 0.3) is 0 Å². The van der Waals surface area contributed by atoms with Gasteiger partial charge in [-0.25, -0.2) is 0 Å². The third-order valence-corrected chi connectivity index (χ3v) is 2.84. The van der Waals surface area contributed by atoms with Crippen LogP contribution in [0.15, 0.2) is 18.2 Å². The van der Waals surface area contributed by atoms with Gasteiger partial charge in [-0.1, -0.05) is 15.9 Å². The van der Waals surface area contributed by atoms with Gasteiger partial charge < -0.3 is 10.6 Å². The summed E-state index contributed by atoms with van der Waals surface area (Å²) < 4.78 is 0. The van der Waals surface area contributed by atoms with Gasteiger partial charge in [0, 0.05) is 5.56 Å². The van der Waals surface area contributed by atoms with Crippen molar-refractivity contribution in [3.8, 4) is 0 Å². The summed E-state index contributed by atoms with van der Waals surface area (Å²) in [6.45, 7) is 0. The van der Waals surface area contributed by atoms with Crippen LogP contribution in [-0.2, 0) is 9.59 Å². The Labute approximate surface area is 106 Å². The number of Topliss-reactive ketones (excluding diaryl/α,β-unsaturated/α-hetero) is 1. The number of carbonyl (C=O) groups excluding carboxylic acids is 3. The number of benzene rings is 1. The fourth-order valence-electron chi connectivity index (χ4n) is 1.54. The molecule has 1 heterocycles. The number of hydrogen-bond acceptors (Lipinski definition) is 3. The Morgan fingerprint density at radius 1 is 1.18 bits per heavy atom. The maximum atomic E-state index is 11.5. The minimum absolute atomic E-state index is 0.0855. The Hall–Kier alpha value is -1.69. The molecule has 0 aliphatic carbocycles. The average Bonchev–Trinajstić information content (AvgIpc) is 2.43. The highest BCUT2D eigenvalue weighted by molar-refractivity contribution is 9.09. The molecule has 1 aromatic rings. The van der Waals surface area contributed by atoms with Crippen molar-refractivity contribution in [1.82, 2.24) is 0 Å². The molecule has 1 aliphatic rings. The molecular weight excluding hydrogens is 288 g/mol. The zero-order valence-corrected chi connectivity index (χ0v) is 10.3. The van der Waals surface area contributed by atoms with Gasteiger partial charge in [0.2, 0.25) is 11.8 Å². The Morgan fingerprint density at radius 2 is 1.82 bits per heavy atom. The molecule has 0 radical (unpaired) electrons. The van der Waals surface area contributed by atoms with Crippen molar-refractivity contribution in [1.29, 1.82) is 0 Å². The lowest BCUT2D eigenvalue weighted by Crippen LogP contribution is -2.16. The van der Waals surface area contributed by atoms with E-state index in [1.165, 1.54) is 0 Å². The molecule has 2 N–H and O–H groups in total. The maximum absolute atomic E-state index is 11.5. The molecule has 2 amide bonds. The molecule has 2 rings (SSSR count). The maximum Gasteiger partial charge on any atom is 0.233 e. The van der Waals surface area contributed by atoms with Crippen LogP contribution >= 0.6 is 15.9 Å². The van der Waals surface area contributed by atoms with E-state index in [9.17, 15) is 14.4 Å². The highest BCUT2D eigenvalue weighted by Crippen LogP contribution is 2.26. The van der Waals surface area contributed by atoms with E-state index in [1.54, 1.807) is 18.2 Å². The van der Waals surface area contributed by atoms with Crippen molar-refractivity contribution in [3.05, 3.63) is 23.8 Å². The molecule has 0 saturated carbocycles. The van der Waals surface area contributed by atoms with Gasteiger partial charge in [-0.2, -0.15) is 0 Å². The normalized spacial score (nSPS) is 14.4. The fraction of sp³-hybridized carbons (Fsp3) is 0.182. The number of alkyl halides is 1. The minimum atomic E-state index is -0.385. The predicted octanol–water partition coefficient (Wildman–Crippen LogP) is 1.54. The molecule has 1 aromatic carbocycles. The first-order valence-corrected chi connectivity index (χ1v) is 6.05. The van der Waals surface area contributed by atoms with Gasteiger partial charge in [0.25, 0.3) is 0 Å². The highest BCUT2D eigenvalue weighted by atomic mass is 79.9. The van der Waals surface area contributed by atoms with E-state index in [-0.39, 0.29) is 29.3 Å². The quantitative estimate of drug-likeness (QED) is 0.494. The lowest BCUT2D eigenvalue weighted by atomic mass is 10.1. The third-order valence-electron chi connectivity index (χ3n) is 2.33. The SMILES string of the molecule is O=C1CC(=O)Nc2cc(C(=O)CBr)ccc2N1. The Morgan fingerprint density at radius 3 is 2.47 bits per heavy atom. The lowest BCUT2D eigenvalue weighted by Gasteiger charge is -2.08. The molecule has 0 spiro atoms. The zero-order valence-electron chi connectivity index (χ0n) is 8.75. The first kappa shape index (κ1) is 11.8. The molecule has 88 valence electrons. The van der Waals surface area contributed by atoms with E-state index >= 15 is 0 Å². The van der Waals surface area contributed by atoms with Gasteiger partial charge >= 0.3 is 0 Å². The predicted molar refractivity (Wildman–Crippen MR) is 66.4 cm³/mol. The van der Waals surface area contributed by atoms with E-state index < -0.39 is 0 Å². The van der Waals surface area contributed by atoms with Gasteiger partial charge in [0.1, 0.15) is 6.42 Å². The molecule has 0 bridgehead atoms. The summed E-state index contributed by atoms with van der Waals surface area (Å²) in [6, 6.07) is 4.78. The Balaban J connectivity index is 2.41. The number of halogens is 1. The molecular formula is C11H9BrN2O3. The second-order valence-electron chi connectivity index (χ2n) is 3.59. The van der Waals surface area contributed by atoms with E-state index in [1.807, 2.05) is 0 Å². The largest absolute Gasteiger partial charge is 0.324 e. The Kier molecular flexibility index (Phi) is 3.23. The van der Waals surface area contributed by atoms with Crippen molar-refractivity contribution < 1.29 is 14.4 Å². The smallest absolute Gasteiger partial charge is 0.233 e. The molecule has 0 fully saturated rings. The van der Waals surface area contributed by atoms with Crippen molar-refractivity contribution >= 4 is 44.9 Å².